The summed E-state index contributed by atoms with van der Waals surface area (Å²) in [7, 11) is 0. The molecule has 1 amide bonds. The second-order valence-electron chi connectivity index (χ2n) is 5.51. The van der Waals surface area contributed by atoms with Crippen LogP contribution in [0.4, 0.5) is 0 Å². The summed E-state index contributed by atoms with van der Waals surface area (Å²) < 4.78 is 16.4. The van der Waals surface area contributed by atoms with E-state index in [9.17, 15) is 4.79 Å². The summed E-state index contributed by atoms with van der Waals surface area (Å²) in [6, 6.07) is 12.8. The van der Waals surface area contributed by atoms with Crippen LogP contribution in [-0.4, -0.2) is 18.7 Å². The zero-order valence-corrected chi connectivity index (χ0v) is 13.5. The Labute approximate surface area is 140 Å². The molecule has 0 unspecified atom stereocenters. The van der Waals surface area contributed by atoms with Gasteiger partial charge in [0.2, 0.25) is 12.7 Å². The maximum absolute atomic E-state index is 11.2. The number of carbonyl (C=O) groups is 1. The molecule has 24 heavy (non-hydrogen) atoms. The van der Waals surface area contributed by atoms with Crippen LogP contribution in [0.3, 0.4) is 0 Å². The Hall–Kier alpha value is -2.73. The van der Waals surface area contributed by atoms with Crippen molar-refractivity contribution in [3.8, 4) is 23.0 Å². The molecule has 0 aliphatic carbocycles. The highest BCUT2D eigenvalue weighted by molar-refractivity contribution is 5.79. The number of hydrogen-bond donors (Lipinski definition) is 2. The normalized spacial score (nSPS) is 13.5. The summed E-state index contributed by atoms with van der Waals surface area (Å²) in [6.07, 6.45) is 0.667. The van der Waals surface area contributed by atoms with Gasteiger partial charge in [-0.2, -0.15) is 0 Å². The monoisotopic (exact) mass is 328 g/mol. The van der Waals surface area contributed by atoms with E-state index in [0.29, 0.717) is 24.5 Å². The highest BCUT2D eigenvalue weighted by Gasteiger charge is 2.14. The van der Waals surface area contributed by atoms with Gasteiger partial charge in [0, 0.05) is 12.6 Å². The molecule has 2 aromatic carbocycles. The van der Waals surface area contributed by atoms with Crippen molar-refractivity contribution in [1.82, 2.24) is 5.32 Å². The van der Waals surface area contributed by atoms with Gasteiger partial charge in [0.05, 0.1) is 6.04 Å². The Balaban J connectivity index is 1.59. The van der Waals surface area contributed by atoms with Crippen LogP contribution in [0.15, 0.2) is 42.5 Å². The molecule has 0 radical (unpaired) electrons. The first kappa shape index (κ1) is 16.1. The molecule has 1 heterocycles. The van der Waals surface area contributed by atoms with E-state index >= 15 is 0 Å². The molecule has 0 saturated heterocycles. The number of nitrogens with two attached hydrogens (primary N) is 1. The van der Waals surface area contributed by atoms with Gasteiger partial charge in [-0.15, -0.1) is 0 Å². The molecule has 1 aliphatic rings. The van der Waals surface area contributed by atoms with E-state index in [0.717, 1.165) is 17.1 Å². The van der Waals surface area contributed by atoms with Crippen molar-refractivity contribution >= 4 is 5.91 Å². The van der Waals surface area contributed by atoms with Gasteiger partial charge in [-0.25, -0.2) is 0 Å². The Kier molecular flexibility index (Phi) is 4.86. The van der Waals surface area contributed by atoms with Crippen molar-refractivity contribution in [3.05, 3.63) is 48.0 Å². The molecule has 1 atom stereocenters. The fourth-order valence-corrected chi connectivity index (χ4v) is 2.44. The van der Waals surface area contributed by atoms with E-state index in [-0.39, 0.29) is 18.7 Å². The van der Waals surface area contributed by atoms with E-state index in [2.05, 4.69) is 5.32 Å². The number of ether oxygens (including phenoxy) is 3. The molecule has 3 N–H and O–H groups in total. The van der Waals surface area contributed by atoms with Crippen LogP contribution in [0.1, 0.15) is 18.9 Å². The summed E-state index contributed by atoms with van der Waals surface area (Å²) in [6.45, 7) is 2.74. The van der Waals surface area contributed by atoms with Crippen LogP contribution < -0.4 is 25.3 Å². The van der Waals surface area contributed by atoms with Gasteiger partial charge in [0.1, 0.15) is 11.5 Å². The first-order valence-corrected chi connectivity index (χ1v) is 7.85. The Morgan fingerprint density at radius 3 is 2.58 bits per heavy atom. The van der Waals surface area contributed by atoms with Gasteiger partial charge >= 0.3 is 0 Å². The van der Waals surface area contributed by atoms with Gasteiger partial charge < -0.3 is 25.3 Å². The molecular formula is C18H20N2O4. The number of rotatable bonds is 7. The summed E-state index contributed by atoms with van der Waals surface area (Å²) in [5.41, 5.74) is 6.37. The molecule has 0 saturated carbocycles. The van der Waals surface area contributed by atoms with E-state index in [1.165, 1.54) is 0 Å². The predicted molar refractivity (Wildman–Crippen MR) is 89.2 cm³/mol. The minimum Gasteiger partial charge on any atom is -0.457 e. The average molecular weight is 328 g/mol. The fraction of sp³-hybridized carbons (Fsp3) is 0.278. The quantitative estimate of drug-likeness (QED) is 0.816. The molecule has 1 aliphatic heterocycles. The molecule has 0 spiro atoms. The Morgan fingerprint density at radius 2 is 1.88 bits per heavy atom. The van der Waals surface area contributed by atoms with Crippen LogP contribution in [0, 0.1) is 0 Å². The summed E-state index contributed by atoms with van der Waals surface area (Å²) in [5.74, 6) is 2.49. The van der Waals surface area contributed by atoms with Gasteiger partial charge in [0.15, 0.2) is 11.5 Å². The zero-order valence-electron chi connectivity index (χ0n) is 13.5. The minimum atomic E-state index is -0.333. The van der Waals surface area contributed by atoms with Crippen molar-refractivity contribution in [2.75, 3.05) is 6.79 Å². The number of amides is 1. The smallest absolute Gasteiger partial charge is 0.234 e. The molecule has 6 heteroatoms. The second kappa shape index (κ2) is 7.23. The summed E-state index contributed by atoms with van der Waals surface area (Å²) in [5, 5.41) is 3.14. The second-order valence-corrected chi connectivity index (χ2v) is 5.51. The van der Waals surface area contributed by atoms with Gasteiger partial charge in [-0.1, -0.05) is 19.1 Å². The third kappa shape index (κ3) is 3.78. The lowest BCUT2D eigenvalue weighted by Crippen LogP contribution is -2.40. The first-order valence-electron chi connectivity index (χ1n) is 7.85. The number of primary amides is 1. The fourth-order valence-electron chi connectivity index (χ4n) is 2.44. The van der Waals surface area contributed by atoms with Crippen LogP contribution in [0.25, 0.3) is 0 Å². The van der Waals surface area contributed by atoms with Crippen molar-refractivity contribution in [3.63, 3.8) is 0 Å². The Morgan fingerprint density at radius 1 is 1.17 bits per heavy atom. The lowest BCUT2D eigenvalue weighted by atomic mass is 10.1. The van der Waals surface area contributed by atoms with Crippen molar-refractivity contribution < 1.29 is 19.0 Å². The third-order valence-electron chi connectivity index (χ3n) is 3.81. The van der Waals surface area contributed by atoms with Gasteiger partial charge in [0.25, 0.3) is 0 Å². The Bertz CT molecular complexity index is 715. The van der Waals surface area contributed by atoms with Crippen molar-refractivity contribution in [2.45, 2.75) is 25.9 Å². The largest absolute Gasteiger partial charge is 0.457 e. The van der Waals surface area contributed by atoms with Crippen LogP contribution in [0.2, 0.25) is 0 Å². The van der Waals surface area contributed by atoms with E-state index in [1.807, 2.05) is 43.3 Å². The number of nitrogens with one attached hydrogen (secondary N) is 1. The van der Waals surface area contributed by atoms with Gasteiger partial charge in [-0.05, 0) is 36.2 Å². The van der Waals surface area contributed by atoms with Gasteiger partial charge in [-0.3, -0.25) is 4.79 Å². The lowest BCUT2D eigenvalue weighted by Gasteiger charge is -2.13. The molecule has 0 bridgehead atoms. The highest BCUT2D eigenvalue weighted by Crippen LogP contribution is 2.36. The molecule has 3 rings (SSSR count). The maximum Gasteiger partial charge on any atom is 0.234 e. The number of carbonyl (C=O) groups excluding carboxylic acids is 1. The van der Waals surface area contributed by atoms with E-state index in [1.54, 1.807) is 6.07 Å². The number of fused-ring (bicyclic) bond motifs is 1. The topological polar surface area (TPSA) is 82.8 Å². The third-order valence-corrected chi connectivity index (χ3v) is 3.81. The van der Waals surface area contributed by atoms with Crippen LogP contribution >= 0.6 is 0 Å². The number of benzene rings is 2. The lowest BCUT2D eigenvalue weighted by molar-refractivity contribution is -0.120. The van der Waals surface area contributed by atoms with Crippen LogP contribution in [0.5, 0.6) is 23.0 Å². The van der Waals surface area contributed by atoms with Crippen LogP contribution in [-0.2, 0) is 11.3 Å². The maximum atomic E-state index is 11.2. The standard InChI is InChI=1S/C18H20N2O4/c1-2-15(18(19)21)20-10-12-3-5-13(6-4-12)24-14-7-8-16-17(9-14)23-11-22-16/h3-9,15,20H,2,10-11H2,1H3,(H2,19,21)/t15-/m0/s1. The number of hydrogen-bond acceptors (Lipinski definition) is 5. The molecule has 2 aromatic rings. The summed E-state index contributed by atoms with van der Waals surface area (Å²) >= 11 is 0. The SMILES string of the molecule is CC[C@H](NCc1ccc(Oc2ccc3c(c2)OCO3)cc1)C(N)=O. The first-order chi connectivity index (χ1) is 11.7. The zero-order chi connectivity index (χ0) is 16.9. The molecular weight excluding hydrogens is 308 g/mol. The molecule has 126 valence electrons. The van der Waals surface area contributed by atoms with E-state index < -0.39 is 0 Å². The molecule has 0 aromatic heterocycles. The van der Waals surface area contributed by atoms with Crippen molar-refractivity contribution in [2.24, 2.45) is 5.73 Å². The minimum absolute atomic E-state index is 0.241. The van der Waals surface area contributed by atoms with Crippen molar-refractivity contribution in [1.29, 1.82) is 0 Å². The predicted octanol–water partition coefficient (Wildman–Crippen LogP) is 2.56. The van der Waals surface area contributed by atoms with E-state index in [4.69, 9.17) is 19.9 Å². The summed E-state index contributed by atoms with van der Waals surface area (Å²) in [4.78, 5) is 11.2. The molecule has 0 fully saturated rings. The highest BCUT2D eigenvalue weighted by atomic mass is 16.7. The molecule has 6 nitrogen and oxygen atoms in total. The average Bonchev–Trinajstić information content (AvgIpc) is 3.04.